The fourth-order valence-electron chi connectivity index (χ4n) is 2.84. The van der Waals surface area contributed by atoms with E-state index in [1.807, 2.05) is 0 Å². The molecule has 2 amide bonds. The van der Waals surface area contributed by atoms with Gasteiger partial charge >= 0.3 is 12.6 Å². The van der Waals surface area contributed by atoms with E-state index in [-0.39, 0.29) is 48.3 Å². The van der Waals surface area contributed by atoms with Gasteiger partial charge in [0.1, 0.15) is 6.61 Å². The third kappa shape index (κ3) is 4.68. The number of anilines is 1. The van der Waals surface area contributed by atoms with E-state index in [2.05, 4.69) is 4.74 Å². The molecular formula is C20H17F2NO6. The highest BCUT2D eigenvalue weighted by atomic mass is 19.3. The number of rotatable bonds is 7. The number of nitrogens with zero attached hydrogens (tertiary/aromatic N) is 1. The van der Waals surface area contributed by atoms with Crippen LogP contribution < -0.4 is 14.4 Å². The minimum absolute atomic E-state index is 0.0862. The van der Waals surface area contributed by atoms with E-state index in [1.165, 1.54) is 49.6 Å². The summed E-state index contributed by atoms with van der Waals surface area (Å²) < 4.78 is 39.3. The smallest absolute Gasteiger partial charge is 0.387 e. The molecule has 0 bridgehead atoms. The lowest BCUT2D eigenvalue weighted by atomic mass is 10.2. The molecule has 1 fully saturated rings. The number of amides is 2. The van der Waals surface area contributed by atoms with Gasteiger partial charge in [0.05, 0.1) is 18.4 Å². The van der Waals surface area contributed by atoms with Crippen molar-refractivity contribution >= 4 is 23.5 Å². The van der Waals surface area contributed by atoms with Crippen molar-refractivity contribution in [2.45, 2.75) is 26.1 Å². The lowest BCUT2D eigenvalue weighted by Gasteiger charge is -2.14. The first kappa shape index (κ1) is 20.2. The average Bonchev–Trinajstić information content (AvgIpc) is 3.04. The van der Waals surface area contributed by atoms with E-state index in [1.54, 1.807) is 0 Å². The third-order valence-electron chi connectivity index (χ3n) is 4.23. The summed E-state index contributed by atoms with van der Waals surface area (Å²) in [5, 5.41) is 0. The number of benzene rings is 2. The van der Waals surface area contributed by atoms with Crippen molar-refractivity contribution in [1.29, 1.82) is 0 Å². The van der Waals surface area contributed by atoms with Gasteiger partial charge in [-0.25, -0.2) is 4.79 Å². The maximum absolute atomic E-state index is 12.4. The van der Waals surface area contributed by atoms with Crippen molar-refractivity contribution in [3.8, 4) is 11.5 Å². The number of ether oxygens (including phenoxy) is 3. The van der Waals surface area contributed by atoms with Crippen LogP contribution in [0.5, 0.6) is 11.5 Å². The number of methoxy groups -OCH3 is 1. The fourth-order valence-corrected chi connectivity index (χ4v) is 2.84. The normalized spacial score (nSPS) is 13.7. The molecule has 0 unspecified atom stereocenters. The first-order valence-corrected chi connectivity index (χ1v) is 8.63. The molecule has 3 rings (SSSR count). The van der Waals surface area contributed by atoms with Gasteiger partial charge in [0.2, 0.25) is 11.8 Å². The van der Waals surface area contributed by atoms with Crippen molar-refractivity contribution in [2.24, 2.45) is 0 Å². The summed E-state index contributed by atoms with van der Waals surface area (Å²) in [5.41, 5.74) is 1.15. The Morgan fingerprint density at radius 3 is 2.28 bits per heavy atom. The molecule has 1 aliphatic rings. The Morgan fingerprint density at radius 2 is 1.69 bits per heavy atom. The van der Waals surface area contributed by atoms with Crippen LogP contribution in [0.2, 0.25) is 0 Å². The SMILES string of the molecule is COc1cc(COC(=O)c2ccc(N3C(=O)CCC3=O)cc2)ccc1OC(F)F. The first-order chi connectivity index (χ1) is 13.9. The second-order valence-electron chi connectivity index (χ2n) is 6.11. The summed E-state index contributed by atoms with van der Waals surface area (Å²) in [4.78, 5) is 36.8. The standard InChI is InChI=1S/C20H17F2NO6/c1-27-16-10-12(2-7-15(16)29-20(21)22)11-28-19(26)13-3-5-14(6-4-13)23-17(24)8-9-18(23)25/h2-7,10,20H,8-9,11H2,1H3. The van der Waals surface area contributed by atoms with Crippen LogP contribution >= 0.6 is 0 Å². The molecule has 1 heterocycles. The number of hydrogen-bond acceptors (Lipinski definition) is 6. The van der Waals surface area contributed by atoms with Crippen LogP contribution in [0.3, 0.4) is 0 Å². The van der Waals surface area contributed by atoms with Crippen LogP contribution in [0.1, 0.15) is 28.8 Å². The Bertz CT molecular complexity index is 913. The van der Waals surface area contributed by atoms with Crippen molar-refractivity contribution in [2.75, 3.05) is 12.0 Å². The first-order valence-electron chi connectivity index (χ1n) is 8.63. The average molecular weight is 405 g/mol. The largest absolute Gasteiger partial charge is 0.493 e. The Balaban J connectivity index is 1.63. The Morgan fingerprint density at radius 1 is 1.03 bits per heavy atom. The molecule has 1 saturated heterocycles. The molecule has 7 nitrogen and oxygen atoms in total. The Hall–Kier alpha value is -3.49. The molecular weight excluding hydrogens is 388 g/mol. The zero-order valence-electron chi connectivity index (χ0n) is 15.4. The van der Waals surface area contributed by atoms with Crippen LogP contribution in [-0.4, -0.2) is 31.5 Å². The molecule has 1 aliphatic heterocycles. The lowest BCUT2D eigenvalue weighted by Crippen LogP contribution is -2.28. The molecule has 0 spiro atoms. The van der Waals surface area contributed by atoms with Crippen molar-refractivity contribution in [1.82, 2.24) is 0 Å². The minimum Gasteiger partial charge on any atom is -0.493 e. The maximum atomic E-state index is 12.4. The van der Waals surface area contributed by atoms with Gasteiger partial charge in [-0.05, 0) is 42.0 Å². The summed E-state index contributed by atoms with van der Waals surface area (Å²) in [7, 11) is 1.31. The third-order valence-corrected chi connectivity index (χ3v) is 4.23. The van der Waals surface area contributed by atoms with Crippen LogP contribution in [0, 0.1) is 0 Å². The van der Waals surface area contributed by atoms with Gasteiger partial charge in [0.25, 0.3) is 0 Å². The van der Waals surface area contributed by atoms with Gasteiger partial charge in [0, 0.05) is 12.8 Å². The molecule has 2 aromatic carbocycles. The highest BCUT2D eigenvalue weighted by Gasteiger charge is 2.30. The number of hydrogen-bond donors (Lipinski definition) is 0. The molecule has 152 valence electrons. The predicted octanol–water partition coefficient (Wildman–Crippen LogP) is 3.31. The van der Waals surface area contributed by atoms with E-state index in [9.17, 15) is 23.2 Å². The number of alkyl halides is 2. The van der Waals surface area contributed by atoms with Crippen LogP contribution in [0.25, 0.3) is 0 Å². The number of carbonyl (C=O) groups is 3. The van der Waals surface area contributed by atoms with Crippen molar-refractivity contribution in [3.63, 3.8) is 0 Å². The van der Waals surface area contributed by atoms with Gasteiger partial charge in [0.15, 0.2) is 11.5 Å². The molecule has 0 N–H and O–H groups in total. The summed E-state index contributed by atoms with van der Waals surface area (Å²) in [6.45, 7) is -3.10. The number of carbonyl (C=O) groups excluding carboxylic acids is 3. The Labute approximate surface area is 164 Å². The van der Waals surface area contributed by atoms with Crippen molar-refractivity contribution in [3.05, 3.63) is 53.6 Å². The topological polar surface area (TPSA) is 82.1 Å². The molecule has 29 heavy (non-hydrogen) atoms. The van der Waals surface area contributed by atoms with E-state index in [4.69, 9.17) is 9.47 Å². The molecule has 2 aromatic rings. The zero-order chi connectivity index (χ0) is 21.0. The quantitative estimate of drug-likeness (QED) is 0.519. The maximum Gasteiger partial charge on any atom is 0.387 e. The van der Waals surface area contributed by atoms with E-state index < -0.39 is 12.6 Å². The van der Waals surface area contributed by atoms with Gasteiger partial charge in [-0.15, -0.1) is 0 Å². The van der Waals surface area contributed by atoms with Gasteiger partial charge < -0.3 is 14.2 Å². The highest BCUT2D eigenvalue weighted by Crippen LogP contribution is 2.30. The molecule has 0 atom stereocenters. The predicted molar refractivity (Wildman–Crippen MR) is 96.9 cm³/mol. The Kier molecular flexibility index (Phi) is 6.06. The van der Waals surface area contributed by atoms with Crippen molar-refractivity contribution < 1.29 is 37.4 Å². The molecule has 0 radical (unpaired) electrons. The second-order valence-corrected chi connectivity index (χ2v) is 6.11. The summed E-state index contributed by atoms with van der Waals surface area (Å²) in [6.07, 6.45) is 0.348. The van der Waals surface area contributed by atoms with Crippen LogP contribution in [0.4, 0.5) is 14.5 Å². The lowest BCUT2D eigenvalue weighted by molar-refractivity contribution is -0.121. The number of imide groups is 1. The molecule has 0 aliphatic carbocycles. The molecule has 9 heteroatoms. The number of halogens is 2. The summed E-state index contributed by atoms with van der Waals surface area (Å²) in [5.74, 6) is -1.22. The second kappa shape index (κ2) is 8.68. The van der Waals surface area contributed by atoms with E-state index in [0.29, 0.717) is 11.3 Å². The number of esters is 1. The van der Waals surface area contributed by atoms with Gasteiger partial charge in [-0.2, -0.15) is 8.78 Å². The monoisotopic (exact) mass is 405 g/mol. The fraction of sp³-hybridized carbons (Fsp3) is 0.250. The van der Waals surface area contributed by atoms with E-state index in [0.717, 1.165) is 4.90 Å². The molecule has 0 saturated carbocycles. The van der Waals surface area contributed by atoms with E-state index >= 15 is 0 Å². The highest BCUT2D eigenvalue weighted by molar-refractivity contribution is 6.19. The van der Waals surface area contributed by atoms with Gasteiger partial charge in [-0.1, -0.05) is 6.07 Å². The minimum atomic E-state index is -2.98. The van der Waals surface area contributed by atoms with Crippen LogP contribution in [-0.2, 0) is 20.9 Å². The van der Waals surface area contributed by atoms with Crippen LogP contribution in [0.15, 0.2) is 42.5 Å². The zero-order valence-corrected chi connectivity index (χ0v) is 15.4. The molecule has 0 aromatic heterocycles. The van der Waals surface area contributed by atoms with Gasteiger partial charge in [-0.3, -0.25) is 14.5 Å². The summed E-state index contributed by atoms with van der Waals surface area (Å²) in [6, 6.07) is 10.1. The summed E-state index contributed by atoms with van der Waals surface area (Å²) >= 11 is 0.